The molecule has 0 spiro atoms. The number of nitrogen functional groups attached to an aromatic ring is 1. The Kier molecular flexibility index (Phi) is 3.01. The molecular formula is C12H13FN4O. The zero-order valence-electron chi connectivity index (χ0n) is 10.1. The molecule has 2 rings (SSSR count). The van der Waals surface area contributed by atoms with Crippen molar-refractivity contribution in [3.8, 4) is 0 Å². The fourth-order valence-corrected chi connectivity index (χ4v) is 1.50. The Labute approximate surface area is 103 Å². The van der Waals surface area contributed by atoms with Gasteiger partial charge in [-0.05, 0) is 19.1 Å². The van der Waals surface area contributed by atoms with Crippen LogP contribution in [0.3, 0.4) is 0 Å². The van der Waals surface area contributed by atoms with Crippen LogP contribution in [0.2, 0.25) is 0 Å². The fraction of sp³-hybridized carbons (Fsp3) is 0.167. The van der Waals surface area contributed by atoms with Gasteiger partial charge in [0.25, 0.3) is 5.91 Å². The second-order valence-electron chi connectivity index (χ2n) is 4.00. The first-order chi connectivity index (χ1) is 8.47. The van der Waals surface area contributed by atoms with Crippen molar-refractivity contribution in [1.29, 1.82) is 0 Å². The predicted octanol–water partition coefficient (Wildman–Crippen LogP) is 1.70. The number of halogens is 1. The molecular weight excluding hydrogens is 235 g/mol. The summed E-state index contributed by atoms with van der Waals surface area (Å²) in [6.07, 6.45) is 1.69. The average Bonchev–Trinajstić information content (AvgIpc) is 2.71. The molecule has 5 nitrogen and oxygen atoms in total. The van der Waals surface area contributed by atoms with Crippen molar-refractivity contribution in [2.75, 3.05) is 11.1 Å². The number of nitrogens with one attached hydrogen (secondary N) is 1. The highest BCUT2D eigenvalue weighted by Crippen LogP contribution is 2.18. The number of rotatable bonds is 2. The minimum absolute atomic E-state index is 0.168. The van der Waals surface area contributed by atoms with Crippen molar-refractivity contribution in [1.82, 2.24) is 9.78 Å². The molecule has 3 N–H and O–H groups in total. The number of carbonyl (C=O) groups excluding carboxylic acids is 1. The van der Waals surface area contributed by atoms with Crippen LogP contribution in [0.1, 0.15) is 15.9 Å². The number of aromatic nitrogens is 2. The summed E-state index contributed by atoms with van der Waals surface area (Å²) in [4.78, 5) is 11.9. The molecule has 1 heterocycles. The summed E-state index contributed by atoms with van der Waals surface area (Å²) < 4.78 is 15.0. The molecule has 0 aliphatic rings. The number of carbonyl (C=O) groups is 1. The van der Waals surface area contributed by atoms with Crippen molar-refractivity contribution in [2.24, 2.45) is 7.05 Å². The van der Waals surface area contributed by atoms with Crippen LogP contribution < -0.4 is 11.1 Å². The van der Waals surface area contributed by atoms with E-state index in [4.69, 9.17) is 5.73 Å². The fourth-order valence-electron chi connectivity index (χ4n) is 1.50. The first kappa shape index (κ1) is 12.1. The Hall–Kier alpha value is -2.37. The molecule has 0 bridgehead atoms. The lowest BCUT2D eigenvalue weighted by Crippen LogP contribution is -2.13. The molecule has 0 unspecified atom stereocenters. The van der Waals surface area contributed by atoms with E-state index < -0.39 is 11.7 Å². The van der Waals surface area contributed by atoms with Gasteiger partial charge in [-0.15, -0.1) is 0 Å². The number of nitrogens with zero attached hydrogens (tertiary/aromatic N) is 2. The third-order valence-electron chi connectivity index (χ3n) is 2.60. The molecule has 1 amide bonds. The normalized spacial score (nSPS) is 10.4. The van der Waals surface area contributed by atoms with Crippen LogP contribution in [0.5, 0.6) is 0 Å². The second-order valence-corrected chi connectivity index (χ2v) is 4.00. The summed E-state index contributed by atoms with van der Waals surface area (Å²) in [6, 6.07) is 4.24. The van der Waals surface area contributed by atoms with E-state index in [1.807, 2.05) is 0 Å². The Morgan fingerprint density at radius 1 is 1.50 bits per heavy atom. The molecule has 0 radical (unpaired) electrons. The molecule has 0 fully saturated rings. The van der Waals surface area contributed by atoms with Crippen molar-refractivity contribution < 1.29 is 9.18 Å². The smallest absolute Gasteiger partial charge is 0.257 e. The molecule has 94 valence electrons. The third kappa shape index (κ3) is 2.32. The van der Waals surface area contributed by atoms with E-state index in [1.165, 1.54) is 6.07 Å². The SMILES string of the molecule is Cc1c(N)cc(C(=O)Nc2ccn(C)n2)cc1F. The van der Waals surface area contributed by atoms with Gasteiger partial charge in [0, 0.05) is 36.1 Å². The van der Waals surface area contributed by atoms with Gasteiger partial charge in [0.2, 0.25) is 0 Å². The number of anilines is 2. The topological polar surface area (TPSA) is 72.9 Å². The van der Waals surface area contributed by atoms with E-state index >= 15 is 0 Å². The summed E-state index contributed by atoms with van der Waals surface area (Å²) in [7, 11) is 1.74. The van der Waals surface area contributed by atoms with Gasteiger partial charge in [-0.2, -0.15) is 5.10 Å². The first-order valence-electron chi connectivity index (χ1n) is 5.34. The lowest BCUT2D eigenvalue weighted by atomic mass is 10.1. The molecule has 0 atom stereocenters. The molecule has 0 saturated heterocycles. The van der Waals surface area contributed by atoms with Crippen LogP contribution in [0, 0.1) is 12.7 Å². The van der Waals surface area contributed by atoms with Gasteiger partial charge in [-0.3, -0.25) is 9.48 Å². The van der Waals surface area contributed by atoms with E-state index in [0.29, 0.717) is 11.4 Å². The summed E-state index contributed by atoms with van der Waals surface area (Å²) in [5.74, 6) is -0.539. The number of hydrogen-bond acceptors (Lipinski definition) is 3. The average molecular weight is 248 g/mol. The van der Waals surface area contributed by atoms with E-state index in [1.54, 1.807) is 30.9 Å². The maximum Gasteiger partial charge on any atom is 0.257 e. The lowest BCUT2D eigenvalue weighted by Gasteiger charge is -2.06. The van der Waals surface area contributed by atoms with Crippen LogP contribution in [-0.4, -0.2) is 15.7 Å². The Bertz CT molecular complexity index is 583. The number of benzene rings is 1. The Balaban J connectivity index is 2.24. The van der Waals surface area contributed by atoms with E-state index in [-0.39, 0.29) is 11.3 Å². The summed E-state index contributed by atoms with van der Waals surface area (Å²) >= 11 is 0. The molecule has 0 aliphatic heterocycles. The minimum atomic E-state index is -0.499. The predicted molar refractivity (Wildman–Crippen MR) is 66.7 cm³/mol. The number of aryl methyl sites for hydroxylation is 1. The van der Waals surface area contributed by atoms with Gasteiger partial charge in [0.15, 0.2) is 5.82 Å². The van der Waals surface area contributed by atoms with Crippen molar-refractivity contribution in [2.45, 2.75) is 6.92 Å². The van der Waals surface area contributed by atoms with E-state index in [0.717, 1.165) is 6.07 Å². The summed E-state index contributed by atoms with van der Waals surface area (Å²) in [5.41, 5.74) is 6.37. The molecule has 1 aromatic heterocycles. The van der Waals surface area contributed by atoms with Crippen LogP contribution in [-0.2, 0) is 7.05 Å². The number of hydrogen-bond donors (Lipinski definition) is 2. The van der Waals surface area contributed by atoms with Crippen LogP contribution in [0.25, 0.3) is 0 Å². The van der Waals surface area contributed by atoms with Crippen LogP contribution in [0.4, 0.5) is 15.9 Å². The molecule has 0 aliphatic carbocycles. The van der Waals surface area contributed by atoms with Gasteiger partial charge in [-0.25, -0.2) is 4.39 Å². The van der Waals surface area contributed by atoms with E-state index in [2.05, 4.69) is 10.4 Å². The molecule has 1 aromatic carbocycles. The zero-order chi connectivity index (χ0) is 13.3. The van der Waals surface area contributed by atoms with Gasteiger partial charge in [-0.1, -0.05) is 0 Å². The molecule has 18 heavy (non-hydrogen) atoms. The number of amides is 1. The van der Waals surface area contributed by atoms with Crippen molar-refractivity contribution >= 4 is 17.4 Å². The van der Waals surface area contributed by atoms with Crippen LogP contribution in [0.15, 0.2) is 24.4 Å². The van der Waals surface area contributed by atoms with Crippen molar-refractivity contribution in [3.05, 3.63) is 41.3 Å². The highest BCUT2D eigenvalue weighted by Gasteiger charge is 2.12. The molecule has 6 heteroatoms. The van der Waals surface area contributed by atoms with Gasteiger partial charge >= 0.3 is 0 Å². The second kappa shape index (κ2) is 4.48. The minimum Gasteiger partial charge on any atom is -0.398 e. The summed E-state index contributed by atoms with van der Waals surface area (Å²) in [5, 5.41) is 6.56. The highest BCUT2D eigenvalue weighted by atomic mass is 19.1. The quantitative estimate of drug-likeness (QED) is 0.794. The lowest BCUT2D eigenvalue weighted by molar-refractivity contribution is 0.102. The number of nitrogens with two attached hydrogens (primary N) is 1. The monoisotopic (exact) mass is 248 g/mol. The summed E-state index contributed by atoms with van der Waals surface area (Å²) in [6.45, 7) is 1.56. The Morgan fingerprint density at radius 3 is 2.78 bits per heavy atom. The first-order valence-corrected chi connectivity index (χ1v) is 5.34. The third-order valence-corrected chi connectivity index (χ3v) is 2.60. The van der Waals surface area contributed by atoms with Gasteiger partial charge < -0.3 is 11.1 Å². The molecule has 0 saturated carbocycles. The highest BCUT2D eigenvalue weighted by molar-refractivity contribution is 6.04. The van der Waals surface area contributed by atoms with Crippen LogP contribution >= 0.6 is 0 Å². The maximum atomic E-state index is 13.5. The largest absolute Gasteiger partial charge is 0.398 e. The Morgan fingerprint density at radius 2 is 2.22 bits per heavy atom. The van der Waals surface area contributed by atoms with Crippen molar-refractivity contribution in [3.63, 3.8) is 0 Å². The van der Waals surface area contributed by atoms with Gasteiger partial charge in [0.1, 0.15) is 5.82 Å². The van der Waals surface area contributed by atoms with Gasteiger partial charge in [0.05, 0.1) is 0 Å². The van der Waals surface area contributed by atoms with E-state index in [9.17, 15) is 9.18 Å². The molecule has 2 aromatic rings. The standard InChI is InChI=1S/C12H13FN4O/c1-7-9(13)5-8(6-10(7)14)12(18)15-11-3-4-17(2)16-11/h3-6H,14H2,1-2H3,(H,15,16,18). The zero-order valence-corrected chi connectivity index (χ0v) is 10.1. The maximum absolute atomic E-state index is 13.5.